The molecule has 2 aliphatic carbocycles. The lowest BCUT2D eigenvalue weighted by Gasteiger charge is -2.55. The molecule has 1 aromatic rings. The molecule has 0 heterocycles. The van der Waals surface area contributed by atoms with E-state index in [0.29, 0.717) is 11.8 Å². The largest absolute Gasteiger partial charge is 0.358 e. The van der Waals surface area contributed by atoms with Crippen molar-refractivity contribution in [3.63, 3.8) is 0 Å². The summed E-state index contributed by atoms with van der Waals surface area (Å²) in [4.78, 5) is 10.8. The van der Waals surface area contributed by atoms with Crippen molar-refractivity contribution in [2.75, 3.05) is 6.54 Å². The highest BCUT2D eigenvalue weighted by atomic mass is 16.1. The van der Waals surface area contributed by atoms with Crippen LogP contribution in [0, 0.1) is 11.3 Å². The van der Waals surface area contributed by atoms with E-state index in [-0.39, 0.29) is 10.8 Å². The maximum atomic E-state index is 10.8. The molecule has 1 aromatic carbocycles. The maximum Gasteiger partial charge on any atom is 0.207 e. The van der Waals surface area contributed by atoms with Gasteiger partial charge in [-0.3, -0.25) is 4.79 Å². The van der Waals surface area contributed by atoms with Gasteiger partial charge in [0.2, 0.25) is 6.41 Å². The molecule has 2 nitrogen and oxygen atoms in total. The number of amides is 1. The Morgan fingerprint density at radius 3 is 2.78 bits per heavy atom. The zero-order valence-corrected chi connectivity index (χ0v) is 15.1. The van der Waals surface area contributed by atoms with Crippen LogP contribution >= 0.6 is 0 Å². The van der Waals surface area contributed by atoms with E-state index in [2.05, 4.69) is 51.2 Å². The normalized spacial score (nSPS) is 33.0. The molecule has 0 bridgehead atoms. The number of carbonyl (C=O) groups is 1. The minimum Gasteiger partial charge on any atom is -0.358 e. The highest BCUT2D eigenvalue weighted by molar-refractivity contribution is 5.46. The van der Waals surface area contributed by atoms with Gasteiger partial charge in [-0.05, 0) is 65.0 Å². The highest BCUT2D eigenvalue weighted by Crippen LogP contribution is 2.57. The third-order valence-electron chi connectivity index (χ3n) is 6.76. The van der Waals surface area contributed by atoms with Crippen LogP contribution in [0.15, 0.2) is 18.2 Å². The van der Waals surface area contributed by atoms with E-state index < -0.39 is 0 Å². The molecule has 0 aliphatic heterocycles. The van der Waals surface area contributed by atoms with Gasteiger partial charge >= 0.3 is 0 Å². The summed E-state index contributed by atoms with van der Waals surface area (Å²) < 4.78 is 0. The fourth-order valence-electron chi connectivity index (χ4n) is 5.49. The first-order chi connectivity index (χ1) is 10.9. The first-order valence-corrected chi connectivity index (χ1v) is 9.21. The molecule has 2 aliphatic rings. The zero-order valence-electron chi connectivity index (χ0n) is 15.1. The van der Waals surface area contributed by atoms with Gasteiger partial charge in [0.05, 0.1) is 0 Å². The van der Waals surface area contributed by atoms with E-state index in [0.717, 1.165) is 13.0 Å². The Balaban J connectivity index is 1.98. The van der Waals surface area contributed by atoms with Gasteiger partial charge in [0, 0.05) is 6.54 Å². The van der Waals surface area contributed by atoms with Crippen molar-refractivity contribution in [1.29, 1.82) is 0 Å². The molecule has 126 valence electrons. The molecule has 0 spiro atoms. The second kappa shape index (κ2) is 5.96. The molecular formula is C21H31NO. The minimum absolute atomic E-state index is 0.225. The van der Waals surface area contributed by atoms with Crippen LogP contribution in [0.2, 0.25) is 0 Å². The number of hydrogen-bond acceptors (Lipinski definition) is 1. The number of hydrogen-bond donors (Lipinski definition) is 1. The predicted octanol–water partition coefficient (Wildman–Crippen LogP) is 4.57. The molecule has 0 aromatic heterocycles. The Bertz CT molecular complexity index is 594. The lowest BCUT2D eigenvalue weighted by Crippen LogP contribution is -2.52. The summed E-state index contributed by atoms with van der Waals surface area (Å²) in [6.45, 7) is 10.2. The average molecular weight is 313 g/mol. The number of nitrogens with one attached hydrogen (secondary N) is 1. The van der Waals surface area contributed by atoms with E-state index in [1.165, 1.54) is 37.7 Å². The van der Waals surface area contributed by atoms with Gasteiger partial charge in [-0.25, -0.2) is 0 Å². The molecule has 1 saturated carbocycles. The van der Waals surface area contributed by atoms with Gasteiger partial charge in [0.25, 0.3) is 0 Å². The van der Waals surface area contributed by atoms with Crippen LogP contribution in [0.3, 0.4) is 0 Å². The van der Waals surface area contributed by atoms with E-state index in [1.807, 2.05) is 0 Å². The van der Waals surface area contributed by atoms with Crippen LogP contribution in [-0.2, 0) is 16.6 Å². The summed E-state index contributed by atoms with van der Waals surface area (Å²) in [5.74, 6) is 1.26. The van der Waals surface area contributed by atoms with Crippen LogP contribution < -0.4 is 5.32 Å². The molecule has 0 saturated heterocycles. The molecule has 1 N–H and O–H groups in total. The van der Waals surface area contributed by atoms with Crippen LogP contribution in [-0.4, -0.2) is 13.0 Å². The highest BCUT2D eigenvalue weighted by Gasteiger charge is 2.51. The van der Waals surface area contributed by atoms with E-state index in [4.69, 9.17) is 0 Å². The summed E-state index contributed by atoms with van der Waals surface area (Å²) in [6.07, 6.45) is 7.07. The van der Waals surface area contributed by atoms with E-state index in [1.54, 1.807) is 11.1 Å². The molecule has 3 rings (SSSR count). The van der Waals surface area contributed by atoms with Crippen LogP contribution in [0.25, 0.3) is 0 Å². The van der Waals surface area contributed by atoms with Crippen molar-refractivity contribution in [1.82, 2.24) is 5.32 Å². The third-order valence-corrected chi connectivity index (χ3v) is 6.76. The number of aryl methyl sites for hydroxylation is 1. The number of rotatable bonds is 4. The summed E-state index contributed by atoms with van der Waals surface area (Å²) in [7, 11) is 0. The first-order valence-electron chi connectivity index (χ1n) is 9.21. The zero-order chi connectivity index (χ0) is 16.7. The molecule has 1 fully saturated rings. The average Bonchev–Trinajstić information content (AvgIpc) is 2.52. The van der Waals surface area contributed by atoms with Crippen molar-refractivity contribution in [2.24, 2.45) is 11.3 Å². The van der Waals surface area contributed by atoms with Crippen LogP contribution in [0.1, 0.15) is 76.0 Å². The number of fused-ring (bicyclic) bond motifs is 3. The number of benzene rings is 1. The van der Waals surface area contributed by atoms with Gasteiger partial charge in [-0.2, -0.15) is 0 Å². The Morgan fingerprint density at radius 1 is 1.30 bits per heavy atom. The fourth-order valence-corrected chi connectivity index (χ4v) is 5.49. The second-order valence-electron chi connectivity index (χ2n) is 8.59. The van der Waals surface area contributed by atoms with Gasteiger partial charge in [-0.15, -0.1) is 0 Å². The molecule has 2 heteroatoms. The van der Waals surface area contributed by atoms with Crippen molar-refractivity contribution in [3.8, 4) is 0 Å². The maximum absolute atomic E-state index is 10.8. The van der Waals surface area contributed by atoms with Crippen LogP contribution in [0.5, 0.6) is 0 Å². The number of carbonyl (C=O) groups excluding carboxylic acids is 1. The second-order valence-corrected chi connectivity index (χ2v) is 8.59. The minimum atomic E-state index is 0.225. The topological polar surface area (TPSA) is 29.1 Å². The quantitative estimate of drug-likeness (QED) is 0.811. The summed E-state index contributed by atoms with van der Waals surface area (Å²) >= 11 is 0. The predicted molar refractivity (Wildman–Crippen MR) is 95.7 cm³/mol. The fraction of sp³-hybridized carbons (Fsp3) is 0.667. The van der Waals surface area contributed by atoms with Crippen molar-refractivity contribution in [2.45, 2.75) is 71.1 Å². The monoisotopic (exact) mass is 313 g/mol. The summed E-state index contributed by atoms with van der Waals surface area (Å²) in [5.41, 5.74) is 5.10. The SMILES string of the molecule is CC(C)c1ccc2c(c1)CCC1C(C)(CNC=O)CCCC21C. The van der Waals surface area contributed by atoms with E-state index >= 15 is 0 Å². The Morgan fingerprint density at radius 2 is 2.09 bits per heavy atom. The standard InChI is InChI=1S/C21H31NO/c1-15(2)16-6-8-18-17(12-16)7-9-19-20(3,13-22-14-23)10-5-11-21(18,19)4/h6,8,12,14-15,19H,5,7,9-11,13H2,1-4H3,(H,22,23). The summed E-state index contributed by atoms with van der Waals surface area (Å²) in [5, 5.41) is 2.98. The Hall–Kier alpha value is -1.31. The lowest BCUT2D eigenvalue weighted by molar-refractivity contribution is -0.110. The molecule has 3 atom stereocenters. The third kappa shape index (κ3) is 2.70. The van der Waals surface area contributed by atoms with Gasteiger partial charge in [0.15, 0.2) is 0 Å². The lowest BCUT2D eigenvalue weighted by atomic mass is 9.49. The van der Waals surface area contributed by atoms with Crippen molar-refractivity contribution < 1.29 is 4.79 Å². The molecule has 1 amide bonds. The van der Waals surface area contributed by atoms with Gasteiger partial charge < -0.3 is 5.32 Å². The van der Waals surface area contributed by atoms with E-state index in [9.17, 15) is 4.79 Å². The van der Waals surface area contributed by atoms with Crippen molar-refractivity contribution >= 4 is 6.41 Å². The van der Waals surface area contributed by atoms with Gasteiger partial charge in [0.1, 0.15) is 0 Å². The molecular weight excluding hydrogens is 282 g/mol. The Kier molecular flexibility index (Phi) is 4.29. The van der Waals surface area contributed by atoms with Gasteiger partial charge in [-0.1, -0.05) is 52.3 Å². The Labute approximate surface area is 141 Å². The molecule has 3 unspecified atom stereocenters. The van der Waals surface area contributed by atoms with Crippen LogP contribution in [0.4, 0.5) is 0 Å². The first kappa shape index (κ1) is 16.5. The molecule has 0 radical (unpaired) electrons. The molecule has 23 heavy (non-hydrogen) atoms. The van der Waals surface area contributed by atoms with Crippen molar-refractivity contribution in [3.05, 3.63) is 34.9 Å². The smallest absolute Gasteiger partial charge is 0.207 e. The summed E-state index contributed by atoms with van der Waals surface area (Å²) in [6, 6.07) is 7.21.